The van der Waals surface area contributed by atoms with Crippen LogP contribution >= 0.6 is 0 Å². The number of hydrogen-bond donors (Lipinski definition) is 0. The number of allylic oxidation sites excluding steroid dienone is 2. The fourth-order valence-electron chi connectivity index (χ4n) is 3.89. The van der Waals surface area contributed by atoms with E-state index in [1.807, 2.05) is 0 Å². The van der Waals surface area contributed by atoms with Crippen LogP contribution in [0.15, 0.2) is 48.0 Å². The monoisotopic (exact) mass is 379 g/mol. The average molecular weight is 381 g/mol. The molecule has 1 heteroatoms. The van der Waals surface area contributed by atoms with E-state index in [0.717, 1.165) is 6.42 Å². The first-order valence-corrected chi connectivity index (χ1v) is 9.91. The van der Waals surface area contributed by atoms with Crippen molar-refractivity contribution in [3.05, 3.63) is 64.7 Å². The van der Waals surface area contributed by atoms with E-state index in [-0.39, 0.29) is 5.41 Å². The molecule has 0 nitrogen and oxygen atoms in total. The number of benzene rings is 2. The van der Waals surface area contributed by atoms with Crippen molar-refractivity contribution in [2.75, 3.05) is 0 Å². The van der Waals surface area contributed by atoms with Gasteiger partial charge in [-0.2, -0.15) is 0 Å². The molecule has 0 fully saturated rings. The fourth-order valence-corrected chi connectivity index (χ4v) is 6.08. The number of fused-ring (bicyclic) bond motifs is 1. The van der Waals surface area contributed by atoms with Gasteiger partial charge in [-0.25, -0.2) is 0 Å². The summed E-state index contributed by atoms with van der Waals surface area (Å²) in [6.45, 7) is 11.6. The molecule has 0 aromatic heterocycles. The van der Waals surface area contributed by atoms with Gasteiger partial charge < -0.3 is 0 Å². The zero-order valence-corrected chi connectivity index (χ0v) is 17.3. The molecule has 23 heavy (non-hydrogen) atoms. The van der Waals surface area contributed by atoms with E-state index in [2.05, 4.69) is 77.1 Å². The van der Waals surface area contributed by atoms with Gasteiger partial charge in [0.1, 0.15) is 0 Å². The molecule has 0 amide bonds. The molecule has 117 valence electrons. The maximum atomic E-state index is 2.35. The van der Waals surface area contributed by atoms with Gasteiger partial charge in [0.25, 0.3) is 0 Å². The summed E-state index contributed by atoms with van der Waals surface area (Å²) in [5, 5.41) is 0. The van der Waals surface area contributed by atoms with E-state index in [4.69, 9.17) is 0 Å². The first-order chi connectivity index (χ1) is 10.8. The van der Waals surface area contributed by atoms with Gasteiger partial charge in [-0.05, 0) is 0 Å². The zero-order chi connectivity index (χ0) is 16.8. The summed E-state index contributed by atoms with van der Waals surface area (Å²) in [7, 11) is 0. The van der Waals surface area contributed by atoms with Crippen LogP contribution in [-0.4, -0.2) is 0 Å². The molecule has 0 N–H and O–H groups in total. The third kappa shape index (κ3) is 2.94. The van der Waals surface area contributed by atoms with Crippen LogP contribution in [0.3, 0.4) is 0 Å². The van der Waals surface area contributed by atoms with E-state index < -0.39 is 0 Å². The second-order valence-corrected chi connectivity index (χ2v) is 8.96. The van der Waals surface area contributed by atoms with E-state index in [9.17, 15) is 0 Å². The Labute approximate surface area is 155 Å². The van der Waals surface area contributed by atoms with Gasteiger partial charge in [-0.15, -0.1) is 0 Å². The molecule has 0 radical (unpaired) electrons. The predicted molar refractivity (Wildman–Crippen MR) is 96.0 cm³/mol. The minimum atomic E-state index is 0.237. The summed E-state index contributed by atoms with van der Waals surface area (Å²) in [4.78, 5) is 0. The number of aryl methyl sites for hydroxylation is 1. The Morgan fingerprint density at radius 2 is 1.65 bits per heavy atom. The first-order valence-electron chi connectivity index (χ1n) is 8.49. The van der Waals surface area contributed by atoms with Gasteiger partial charge >= 0.3 is 156 Å². The Kier molecular flexibility index (Phi) is 4.54. The van der Waals surface area contributed by atoms with Crippen LogP contribution in [0.4, 0.5) is 0 Å². The molecule has 1 unspecified atom stereocenters. The van der Waals surface area contributed by atoms with Crippen LogP contribution in [0.1, 0.15) is 54.9 Å². The van der Waals surface area contributed by atoms with Gasteiger partial charge in [-0.3, -0.25) is 0 Å². The normalized spacial score (nSPS) is 17.5. The van der Waals surface area contributed by atoms with Crippen molar-refractivity contribution >= 4 is 5.57 Å². The van der Waals surface area contributed by atoms with E-state index >= 15 is 0 Å². The Hall–Kier alpha value is -0.937. The molecular formula is C22H25Zr. The summed E-state index contributed by atoms with van der Waals surface area (Å²) in [5.41, 5.74) is 10.5. The fraction of sp³-hybridized carbons (Fsp3) is 0.364. The van der Waals surface area contributed by atoms with Crippen molar-refractivity contribution in [2.45, 2.75) is 44.7 Å². The molecule has 0 spiro atoms. The van der Waals surface area contributed by atoms with Crippen LogP contribution in [0, 0.1) is 5.41 Å². The van der Waals surface area contributed by atoms with Crippen molar-refractivity contribution in [3.8, 4) is 11.1 Å². The van der Waals surface area contributed by atoms with E-state index in [1.165, 1.54) is 33.4 Å². The second kappa shape index (κ2) is 6.17. The molecule has 0 saturated heterocycles. The third-order valence-corrected chi connectivity index (χ3v) is 6.43. The van der Waals surface area contributed by atoms with Crippen LogP contribution < -0.4 is 0 Å². The SMILES string of the molecule is CCc1ccc(-c2cccc3c2C(C)=C(C(C)(C)C)[CH]3[Zr])cc1. The zero-order valence-electron chi connectivity index (χ0n) is 14.8. The molecule has 0 aliphatic heterocycles. The summed E-state index contributed by atoms with van der Waals surface area (Å²) in [6, 6.07) is 16.0. The number of rotatable bonds is 2. The third-order valence-electron chi connectivity index (χ3n) is 4.96. The summed E-state index contributed by atoms with van der Waals surface area (Å²) in [6.07, 6.45) is 1.10. The Bertz CT molecular complexity index is 758. The Balaban J connectivity index is 2.19. The van der Waals surface area contributed by atoms with Crippen molar-refractivity contribution in [3.63, 3.8) is 0 Å². The molecule has 1 atom stereocenters. The molecule has 1 aliphatic carbocycles. The van der Waals surface area contributed by atoms with E-state index in [1.54, 1.807) is 30.3 Å². The molecule has 0 heterocycles. The van der Waals surface area contributed by atoms with Gasteiger partial charge in [0.15, 0.2) is 0 Å². The minimum absolute atomic E-state index is 0.237. The molecule has 1 aliphatic rings. The van der Waals surface area contributed by atoms with Crippen LogP contribution in [0.2, 0.25) is 0 Å². The molecule has 3 rings (SSSR count). The standard InChI is InChI=1S/C22H25.Zr/c1-6-16-10-12-17(13-11-16)19-9-7-8-18-14-20(22(3,4)5)15(2)21(18)19;/h7-14H,6H2,1-5H3;. The summed E-state index contributed by atoms with van der Waals surface area (Å²) in [5.74, 6) is 0. The first kappa shape index (κ1) is 16.9. The van der Waals surface area contributed by atoms with Crippen molar-refractivity contribution in [1.82, 2.24) is 0 Å². The average Bonchev–Trinajstić information content (AvgIpc) is 2.79. The van der Waals surface area contributed by atoms with Gasteiger partial charge in [0.05, 0.1) is 0 Å². The Morgan fingerprint density at radius 3 is 2.22 bits per heavy atom. The Morgan fingerprint density at radius 1 is 1.00 bits per heavy atom. The topological polar surface area (TPSA) is 0 Å². The quantitative estimate of drug-likeness (QED) is 0.570. The van der Waals surface area contributed by atoms with Crippen LogP contribution in [0.25, 0.3) is 16.7 Å². The van der Waals surface area contributed by atoms with Gasteiger partial charge in [0, 0.05) is 0 Å². The van der Waals surface area contributed by atoms with Crippen molar-refractivity contribution in [1.29, 1.82) is 0 Å². The number of hydrogen-bond acceptors (Lipinski definition) is 0. The predicted octanol–water partition coefficient (Wildman–Crippen LogP) is 6.34. The summed E-state index contributed by atoms with van der Waals surface area (Å²) < 4.78 is 0.604. The molecular weight excluding hydrogens is 355 g/mol. The van der Waals surface area contributed by atoms with Crippen molar-refractivity contribution in [2.24, 2.45) is 5.41 Å². The van der Waals surface area contributed by atoms with E-state index in [0.29, 0.717) is 3.63 Å². The van der Waals surface area contributed by atoms with Crippen molar-refractivity contribution < 1.29 is 24.7 Å². The molecule has 2 aromatic carbocycles. The van der Waals surface area contributed by atoms with Gasteiger partial charge in [-0.1, -0.05) is 0 Å². The second-order valence-electron chi connectivity index (χ2n) is 7.54. The van der Waals surface area contributed by atoms with Crippen LogP contribution in [-0.2, 0) is 31.1 Å². The molecule has 0 saturated carbocycles. The van der Waals surface area contributed by atoms with Gasteiger partial charge in [0.2, 0.25) is 0 Å². The maximum absolute atomic E-state index is 2.35. The summed E-state index contributed by atoms with van der Waals surface area (Å²) >= 11 is 1.60. The molecule has 0 bridgehead atoms. The molecule has 2 aromatic rings. The van der Waals surface area contributed by atoms with Crippen LogP contribution in [0.5, 0.6) is 0 Å².